The van der Waals surface area contributed by atoms with Crippen LogP contribution in [-0.2, 0) is 4.79 Å². The maximum atomic E-state index is 12.5. The van der Waals surface area contributed by atoms with Crippen molar-refractivity contribution >= 4 is 23.3 Å². The monoisotopic (exact) mass is 394 g/mol. The second-order valence-corrected chi connectivity index (χ2v) is 6.99. The van der Waals surface area contributed by atoms with Gasteiger partial charge in [0.15, 0.2) is 29.6 Å². The van der Waals surface area contributed by atoms with Crippen molar-refractivity contribution in [1.82, 2.24) is 9.88 Å². The van der Waals surface area contributed by atoms with Gasteiger partial charge in [-0.1, -0.05) is 12.1 Å². The highest BCUT2D eigenvalue weighted by atomic mass is 16.5. The van der Waals surface area contributed by atoms with E-state index < -0.39 is 0 Å². The van der Waals surface area contributed by atoms with Crippen LogP contribution < -0.4 is 9.47 Å². The number of methoxy groups -OCH3 is 1. The van der Waals surface area contributed by atoms with Gasteiger partial charge in [0.05, 0.1) is 7.11 Å². The molecule has 2 heterocycles. The van der Waals surface area contributed by atoms with E-state index in [0.717, 1.165) is 36.1 Å². The predicted molar refractivity (Wildman–Crippen MR) is 106 cm³/mol. The number of fused-ring (bicyclic) bond motifs is 1. The van der Waals surface area contributed by atoms with Gasteiger partial charge in [0.25, 0.3) is 5.91 Å². The number of nitrogens with zero attached hydrogens (tertiary/aromatic N) is 2. The predicted octanol–water partition coefficient (Wildman–Crippen LogP) is 3.43. The number of oxazole rings is 1. The summed E-state index contributed by atoms with van der Waals surface area (Å²) in [5, 5.41) is 0. The molecule has 7 nitrogen and oxygen atoms in total. The molecule has 150 valence electrons. The van der Waals surface area contributed by atoms with E-state index in [9.17, 15) is 9.59 Å². The highest BCUT2D eigenvalue weighted by Crippen LogP contribution is 2.30. The number of rotatable bonds is 6. The van der Waals surface area contributed by atoms with E-state index in [4.69, 9.17) is 13.9 Å². The van der Waals surface area contributed by atoms with Crippen LogP contribution in [0.4, 0.5) is 0 Å². The van der Waals surface area contributed by atoms with Gasteiger partial charge in [-0.15, -0.1) is 0 Å². The van der Waals surface area contributed by atoms with Crippen molar-refractivity contribution < 1.29 is 23.5 Å². The lowest BCUT2D eigenvalue weighted by Gasteiger charge is -2.30. The molecule has 4 rings (SSSR count). The molecule has 7 heteroatoms. The number of hydrogen-bond acceptors (Lipinski definition) is 6. The second-order valence-electron chi connectivity index (χ2n) is 6.99. The molecule has 0 bridgehead atoms. The normalized spacial score (nSPS) is 14.7. The summed E-state index contributed by atoms with van der Waals surface area (Å²) >= 11 is 0. The van der Waals surface area contributed by atoms with Crippen molar-refractivity contribution in [1.29, 1.82) is 0 Å². The summed E-state index contributed by atoms with van der Waals surface area (Å²) in [5.41, 5.74) is 2.15. The van der Waals surface area contributed by atoms with Crippen molar-refractivity contribution in [3.8, 4) is 11.5 Å². The first-order valence-electron chi connectivity index (χ1n) is 9.57. The molecule has 1 aliphatic rings. The average molecular weight is 394 g/mol. The van der Waals surface area contributed by atoms with Gasteiger partial charge in [-0.3, -0.25) is 9.59 Å². The Morgan fingerprint density at radius 2 is 2.00 bits per heavy atom. The highest BCUT2D eigenvalue weighted by Gasteiger charge is 2.27. The summed E-state index contributed by atoms with van der Waals surface area (Å²) in [6, 6.07) is 12.6. The SMILES string of the molecule is COc1cc(C=O)ccc1OCC(=O)N1CCC(c2nc3ccccc3o2)CC1. The molecule has 0 spiro atoms. The van der Waals surface area contributed by atoms with E-state index in [-0.39, 0.29) is 18.4 Å². The number of carbonyl (C=O) groups excluding carboxylic acids is 2. The van der Waals surface area contributed by atoms with Gasteiger partial charge >= 0.3 is 0 Å². The average Bonchev–Trinajstić information content (AvgIpc) is 3.21. The van der Waals surface area contributed by atoms with Crippen molar-refractivity contribution in [2.75, 3.05) is 26.8 Å². The van der Waals surface area contributed by atoms with Gasteiger partial charge < -0.3 is 18.8 Å². The quantitative estimate of drug-likeness (QED) is 0.596. The first-order valence-corrected chi connectivity index (χ1v) is 9.57. The van der Waals surface area contributed by atoms with E-state index in [0.29, 0.717) is 30.2 Å². The third-order valence-corrected chi connectivity index (χ3v) is 5.18. The number of benzene rings is 2. The van der Waals surface area contributed by atoms with Gasteiger partial charge in [-0.25, -0.2) is 4.98 Å². The molecule has 0 aliphatic carbocycles. The van der Waals surface area contributed by atoms with Crippen molar-refractivity contribution in [2.45, 2.75) is 18.8 Å². The number of amides is 1. The number of aldehydes is 1. The summed E-state index contributed by atoms with van der Waals surface area (Å²) < 4.78 is 16.7. The lowest BCUT2D eigenvalue weighted by Crippen LogP contribution is -2.40. The van der Waals surface area contributed by atoms with Crippen LogP contribution in [-0.4, -0.2) is 48.9 Å². The number of para-hydroxylation sites is 2. The zero-order chi connectivity index (χ0) is 20.2. The van der Waals surface area contributed by atoms with E-state index in [1.54, 1.807) is 23.1 Å². The summed E-state index contributed by atoms with van der Waals surface area (Å²) in [7, 11) is 1.50. The molecular formula is C22H22N2O5. The Kier molecular flexibility index (Phi) is 5.46. The zero-order valence-corrected chi connectivity index (χ0v) is 16.2. The first kappa shape index (κ1) is 19.0. The topological polar surface area (TPSA) is 81.9 Å². The summed E-state index contributed by atoms with van der Waals surface area (Å²) in [5.74, 6) is 1.74. The third kappa shape index (κ3) is 4.08. The molecule has 1 saturated heterocycles. The molecule has 1 amide bonds. The van der Waals surface area contributed by atoms with E-state index in [1.165, 1.54) is 7.11 Å². The van der Waals surface area contributed by atoms with E-state index in [1.807, 2.05) is 24.3 Å². The lowest BCUT2D eigenvalue weighted by atomic mass is 9.97. The van der Waals surface area contributed by atoms with Crippen LogP contribution in [0, 0.1) is 0 Å². The fraction of sp³-hybridized carbons (Fsp3) is 0.318. The number of carbonyl (C=O) groups is 2. The summed E-state index contributed by atoms with van der Waals surface area (Å²) in [4.78, 5) is 29.8. The van der Waals surface area contributed by atoms with Crippen LogP contribution >= 0.6 is 0 Å². The molecule has 1 aliphatic heterocycles. The maximum absolute atomic E-state index is 12.5. The minimum Gasteiger partial charge on any atom is -0.493 e. The van der Waals surface area contributed by atoms with Crippen LogP contribution in [0.3, 0.4) is 0 Å². The summed E-state index contributed by atoms with van der Waals surface area (Å²) in [6.45, 7) is 1.18. The Morgan fingerprint density at radius 3 is 2.72 bits per heavy atom. The summed E-state index contributed by atoms with van der Waals surface area (Å²) in [6.07, 6.45) is 2.34. The van der Waals surface area contributed by atoms with Crippen LogP contribution in [0.2, 0.25) is 0 Å². The molecule has 29 heavy (non-hydrogen) atoms. The number of piperidine rings is 1. The molecule has 0 saturated carbocycles. The molecule has 0 unspecified atom stereocenters. The number of hydrogen-bond donors (Lipinski definition) is 0. The van der Waals surface area contributed by atoms with Crippen LogP contribution in [0.5, 0.6) is 11.5 Å². The molecule has 0 radical (unpaired) electrons. The van der Waals surface area contributed by atoms with E-state index >= 15 is 0 Å². The third-order valence-electron chi connectivity index (χ3n) is 5.18. The fourth-order valence-corrected chi connectivity index (χ4v) is 3.55. The lowest BCUT2D eigenvalue weighted by molar-refractivity contribution is -0.134. The Balaban J connectivity index is 1.33. The van der Waals surface area contributed by atoms with Gasteiger partial charge in [0.1, 0.15) is 11.8 Å². The van der Waals surface area contributed by atoms with Gasteiger partial charge in [-0.05, 0) is 43.2 Å². The second kappa shape index (κ2) is 8.34. The largest absolute Gasteiger partial charge is 0.493 e. The minimum atomic E-state index is -0.0810. The van der Waals surface area contributed by atoms with Crippen LogP contribution in [0.25, 0.3) is 11.1 Å². The minimum absolute atomic E-state index is 0.0790. The Hall–Kier alpha value is -3.35. The standard InChI is InChI=1S/C22H22N2O5/c1-27-20-12-15(13-25)6-7-19(20)28-14-21(26)24-10-8-16(9-11-24)22-23-17-4-2-3-5-18(17)29-22/h2-7,12-13,16H,8-11,14H2,1H3. The number of aromatic nitrogens is 1. The Labute approximate surface area is 168 Å². The maximum Gasteiger partial charge on any atom is 0.260 e. The molecule has 0 N–H and O–H groups in total. The molecule has 1 aromatic heterocycles. The van der Waals surface area contributed by atoms with Crippen molar-refractivity contribution in [2.24, 2.45) is 0 Å². The number of ether oxygens (including phenoxy) is 2. The Morgan fingerprint density at radius 1 is 1.21 bits per heavy atom. The van der Waals surface area contributed by atoms with Gasteiger partial charge in [0, 0.05) is 24.6 Å². The van der Waals surface area contributed by atoms with Gasteiger partial charge in [-0.2, -0.15) is 0 Å². The molecule has 1 fully saturated rings. The molecule has 2 aromatic carbocycles. The van der Waals surface area contributed by atoms with Crippen LogP contribution in [0.15, 0.2) is 46.9 Å². The van der Waals surface area contributed by atoms with Gasteiger partial charge in [0.2, 0.25) is 0 Å². The molecular weight excluding hydrogens is 372 g/mol. The first-order chi connectivity index (χ1) is 14.2. The smallest absolute Gasteiger partial charge is 0.260 e. The van der Waals surface area contributed by atoms with E-state index in [2.05, 4.69) is 4.98 Å². The molecule has 3 aromatic rings. The Bertz CT molecular complexity index is 988. The fourth-order valence-electron chi connectivity index (χ4n) is 3.55. The highest BCUT2D eigenvalue weighted by molar-refractivity contribution is 5.79. The van der Waals surface area contributed by atoms with Crippen molar-refractivity contribution in [3.63, 3.8) is 0 Å². The molecule has 0 atom stereocenters. The number of likely N-dealkylation sites (tertiary alicyclic amines) is 1. The van der Waals surface area contributed by atoms with Crippen LogP contribution in [0.1, 0.15) is 35.0 Å². The van der Waals surface area contributed by atoms with Crippen molar-refractivity contribution in [3.05, 3.63) is 53.9 Å². The zero-order valence-electron chi connectivity index (χ0n) is 16.2.